The second-order valence-corrected chi connectivity index (χ2v) is 5.20. The van der Waals surface area contributed by atoms with Gasteiger partial charge in [-0.25, -0.2) is 4.39 Å². The summed E-state index contributed by atoms with van der Waals surface area (Å²) in [4.78, 5) is 0. The summed E-state index contributed by atoms with van der Waals surface area (Å²) in [6.45, 7) is 0. The van der Waals surface area contributed by atoms with Gasteiger partial charge in [-0.1, -0.05) is 43.2 Å². The quantitative estimate of drug-likeness (QED) is 0.854. The van der Waals surface area contributed by atoms with E-state index in [2.05, 4.69) is 5.32 Å². The molecule has 1 aliphatic carbocycles. The number of hydrogen-bond acceptors (Lipinski definition) is 1. The van der Waals surface area contributed by atoms with Crippen molar-refractivity contribution < 1.29 is 4.39 Å². The van der Waals surface area contributed by atoms with Crippen molar-refractivity contribution in [3.05, 3.63) is 47.8 Å². The van der Waals surface area contributed by atoms with Gasteiger partial charge in [0.2, 0.25) is 0 Å². The average molecular weight is 243 g/mol. The predicted octanol–water partition coefficient (Wildman–Crippen LogP) is 4.04. The molecule has 2 heteroatoms. The molecule has 94 valence electrons. The van der Waals surface area contributed by atoms with E-state index in [4.69, 9.17) is 0 Å². The van der Waals surface area contributed by atoms with E-state index in [0.29, 0.717) is 6.04 Å². The minimum absolute atomic E-state index is 0.129. The Kier molecular flexibility index (Phi) is 3.04. The lowest BCUT2D eigenvalue weighted by Crippen LogP contribution is -2.17. The molecule has 2 aromatic rings. The summed E-state index contributed by atoms with van der Waals surface area (Å²) in [5.74, 6) is 0.724. The third-order valence-electron chi connectivity index (χ3n) is 3.89. The van der Waals surface area contributed by atoms with Crippen LogP contribution in [0.1, 0.15) is 30.9 Å². The van der Waals surface area contributed by atoms with Crippen LogP contribution >= 0.6 is 0 Å². The van der Waals surface area contributed by atoms with Gasteiger partial charge in [-0.2, -0.15) is 0 Å². The third-order valence-corrected chi connectivity index (χ3v) is 3.89. The Labute approximate surface area is 107 Å². The van der Waals surface area contributed by atoms with Gasteiger partial charge in [0.1, 0.15) is 5.82 Å². The molecule has 1 N–H and O–H groups in total. The second kappa shape index (κ2) is 4.69. The monoisotopic (exact) mass is 243 g/mol. The van der Waals surface area contributed by atoms with Crippen LogP contribution in [-0.4, -0.2) is 7.05 Å². The van der Waals surface area contributed by atoms with Crippen LogP contribution in [0.2, 0.25) is 0 Å². The number of fused-ring (bicyclic) bond motifs is 1. The van der Waals surface area contributed by atoms with Crippen LogP contribution < -0.4 is 5.32 Å². The number of benzene rings is 2. The van der Waals surface area contributed by atoms with Crippen molar-refractivity contribution in [2.75, 3.05) is 7.05 Å². The highest BCUT2D eigenvalue weighted by molar-refractivity contribution is 5.86. The summed E-state index contributed by atoms with van der Waals surface area (Å²) in [5.41, 5.74) is 1.22. The molecule has 1 saturated carbocycles. The fraction of sp³-hybridized carbons (Fsp3) is 0.375. The molecule has 0 amide bonds. The van der Waals surface area contributed by atoms with Crippen LogP contribution in [0.3, 0.4) is 0 Å². The molecule has 0 aliphatic heterocycles. The molecule has 1 unspecified atom stereocenters. The van der Waals surface area contributed by atoms with Crippen LogP contribution in [-0.2, 0) is 0 Å². The standard InChI is InChI=1S/C16H18FN/c1-18-16(10-11-6-7-11)14-8-9-15(17)13-5-3-2-4-12(13)14/h2-5,8-9,11,16,18H,6-7,10H2,1H3. The molecule has 0 saturated heterocycles. The molecule has 0 heterocycles. The van der Waals surface area contributed by atoms with Crippen LogP contribution in [0.15, 0.2) is 36.4 Å². The lowest BCUT2D eigenvalue weighted by molar-refractivity contribution is 0.517. The van der Waals surface area contributed by atoms with Gasteiger partial charge in [-0.15, -0.1) is 0 Å². The molecule has 3 rings (SSSR count). The summed E-state index contributed by atoms with van der Waals surface area (Å²) in [6, 6.07) is 11.6. The van der Waals surface area contributed by atoms with Crippen molar-refractivity contribution in [3.63, 3.8) is 0 Å². The zero-order valence-electron chi connectivity index (χ0n) is 10.6. The zero-order chi connectivity index (χ0) is 12.5. The maximum absolute atomic E-state index is 13.8. The minimum Gasteiger partial charge on any atom is -0.313 e. The van der Waals surface area contributed by atoms with E-state index < -0.39 is 0 Å². The van der Waals surface area contributed by atoms with E-state index in [0.717, 1.165) is 23.1 Å². The molecule has 18 heavy (non-hydrogen) atoms. The molecule has 0 spiro atoms. The first kappa shape index (κ1) is 11.7. The molecule has 1 fully saturated rings. The van der Waals surface area contributed by atoms with E-state index in [1.165, 1.54) is 18.4 Å². The van der Waals surface area contributed by atoms with Crippen molar-refractivity contribution in [2.45, 2.75) is 25.3 Å². The maximum atomic E-state index is 13.8. The first-order valence-corrected chi connectivity index (χ1v) is 6.64. The normalized spacial score (nSPS) is 17.0. The van der Waals surface area contributed by atoms with Gasteiger partial charge in [-0.05, 0) is 36.4 Å². The van der Waals surface area contributed by atoms with Crippen molar-refractivity contribution in [2.24, 2.45) is 5.92 Å². The Morgan fingerprint density at radius 3 is 2.56 bits per heavy atom. The fourth-order valence-corrected chi connectivity index (χ4v) is 2.68. The highest BCUT2D eigenvalue weighted by Crippen LogP contribution is 2.39. The first-order valence-electron chi connectivity index (χ1n) is 6.64. The highest BCUT2D eigenvalue weighted by atomic mass is 19.1. The Morgan fingerprint density at radius 2 is 1.89 bits per heavy atom. The van der Waals surface area contributed by atoms with Gasteiger partial charge in [0.15, 0.2) is 0 Å². The second-order valence-electron chi connectivity index (χ2n) is 5.20. The molecule has 0 aromatic heterocycles. The number of hydrogen-bond donors (Lipinski definition) is 1. The molecule has 1 aliphatic rings. The molecule has 1 atom stereocenters. The molecular weight excluding hydrogens is 225 g/mol. The molecule has 0 bridgehead atoms. The number of halogens is 1. The Bertz CT molecular complexity index is 560. The largest absolute Gasteiger partial charge is 0.313 e. The van der Waals surface area contributed by atoms with E-state index in [9.17, 15) is 4.39 Å². The van der Waals surface area contributed by atoms with Gasteiger partial charge in [0, 0.05) is 11.4 Å². The topological polar surface area (TPSA) is 12.0 Å². The van der Waals surface area contributed by atoms with Gasteiger partial charge in [-0.3, -0.25) is 0 Å². The van der Waals surface area contributed by atoms with Gasteiger partial charge in [0.25, 0.3) is 0 Å². The van der Waals surface area contributed by atoms with Gasteiger partial charge >= 0.3 is 0 Å². The Balaban J connectivity index is 2.06. The van der Waals surface area contributed by atoms with E-state index in [1.807, 2.05) is 37.4 Å². The summed E-state index contributed by atoms with van der Waals surface area (Å²) >= 11 is 0. The predicted molar refractivity (Wildman–Crippen MR) is 73.0 cm³/mol. The van der Waals surface area contributed by atoms with Gasteiger partial charge in [0.05, 0.1) is 0 Å². The van der Waals surface area contributed by atoms with Crippen molar-refractivity contribution >= 4 is 10.8 Å². The minimum atomic E-state index is -0.129. The van der Waals surface area contributed by atoms with E-state index in [1.54, 1.807) is 6.07 Å². The smallest absolute Gasteiger partial charge is 0.131 e. The van der Waals surface area contributed by atoms with Gasteiger partial charge < -0.3 is 5.32 Å². The molecule has 1 nitrogen and oxygen atoms in total. The highest BCUT2D eigenvalue weighted by Gasteiger charge is 2.26. The third kappa shape index (κ3) is 2.13. The van der Waals surface area contributed by atoms with Crippen molar-refractivity contribution in [3.8, 4) is 0 Å². The summed E-state index contributed by atoms with van der Waals surface area (Å²) < 4.78 is 13.8. The summed E-state index contributed by atoms with van der Waals surface area (Å²) in [6.07, 6.45) is 3.85. The number of rotatable bonds is 4. The van der Waals surface area contributed by atoms with E-state index in [-0.39, 0.29) is 5.82 Å². The van der Waals surface area contributed by atoms with Crippen molar-refractivity contribution in [1.82, 2.24) is 5.32 Å². The Hall–Kier alpha value is -1.41. The van der Waals surface area contributed by atoms with Crippen LogP contribution in [0.25, 0.3) is 10.8 Å². The van der Waals surface area contributed by atoms with Crippen LogP contribution in [0.4, 0.5) is 4.39 Å². The molecule has 0 radical (unpaired) electrons. The van der Waals surface area contributed by atoms with Crippen molar-refractivity contribution in [1.29, 1.82) is 0 Å². The maximum Gasteiger partial charge on any atom is 0.131 e. The average Bonchev–Trinajstić information content (AvgIpc) is 3.21. The number of nitrogens with one attached hydrogen (secondary N) is 1. The van der Waals surface area contributed by atoms with Crippen LogP contribution in [0, 0.1) is 11.7 Å². The fourth-order valence-electron chi connectivity index (χ4n) is 2.68. The Morgan fingerprint density at radius 1 is 1.17 bits per heavy atom. The lowest BCUT2D eigenvalue weighted by Gasteiger charge is -2.18. The SMILES string of the molecule is CNC(CC1CC1)c1ccc(F)c2ccccc12. The lowest BCUT2D eigenvalue weighted by atomic mass is 9.95. The summed E-state index contributed by atoms with van der Waals surface area (Å²) in [7, 11) is 1.99. The first-order chi connectivity index (χ1) is 8.79. The summed E-state index contributed by atoms with van der Waals surface area (Å²) in [5, 5.41) is 5.15. The van der Waals surface area contributed by atoms with Crippen LogP contribution in [0.5, 0.6) is 0 Å². The van der Waals surface area contributed by atoms with E-state index >= 15 is 0 Å². The zero-order valence-corrected chi connectivity index (χ0v) is 10.6. The molecular formula is C16H18FN. The molecule has 2 aromatic carbocycles.